The molecule has 0 radical (unpaired) electrons. The van der Waals surface area contributed by atoms with E-state index in [0.29, 0.717) is 6.54 Å². The minimum atomic E-state index is -0.0737. The van der Waals surface area contributed by atoms with E-state index in [2.05, 4.69) is 49.4 Å². The van der Waals surface area contributed by atoms with Crippen molar-refractivity contribution in [2.24, 2.45) is 10.8 Å². The van der Waals surface area contributed by atoms with Gasteiger partial charge in [0.1, 0.15) is 0 Å². The number of likely N-dealkylation sites (tertiary alicyclic amines) is 1. The van der Waals surface area contributed by atoms with Gasteiger partial charge in [-0.3, -0.25) is 9.69 Å². The molecule has 1 aromatic heterocycles. The maximum absolute atomic E-state index is 12.6. The summed E-state index contributed by atoms with van der Waals surface area (Å²) < 4.78 is 0. The molecule has 0 bridgehead atoms. The van der Waals surface area contributed by atoms with Crippen LogP contribution in [0.4, 0.5) is 0 Å². The first-order valence-electron chi connectivity index (χ1n) is 8.39. The van der Waals surface area contributed by atoms with Crippen LogP contribution in [0.3, 0.4) is 0 Å². The highest BCUT2D eigenvalue weighted by molar-refractivity contribution is 7.10. The zero-order chi connectivity index (χ0) is 17.1. The Bertz CT molecular complexity index is 510. The second kappa shape index (κ2) is 7.32. The van der Waals surface area contributed by atoms with E-state index in [1.807, 2.05) is 6.07 Å². The molecule has 0 aromatic carbocycles. The molecule has 23 heavy (non-hydrogen) atoms. The summed E-state index contributed by atoms with van der Waals surface area (Å²) in [5, 5.41) is 14.8. The van der Waals surface area contributed by atoms with Crippen LogP contribution in [-0.4, -0.2) is 42.2 Å². The molecule has 1 aliphatic heterocycles. The van der Waals surface area contributed by atoms with Crippen LogP contribution in [0, 0.1) is 10.8 Å². The normalized spacial score (nSPS) is 24.4. The topological polar surface area (TPSA) is 52.6 Å². The molecular formula is C18H30N2O2S. The summed E-state index contributed by atoms with van der Waals surface area (Å²) in [6.45, 7) is 10.9. The van der Waals surface area contributed by atoms with Crippen LogP contribution in [0.15, 0.2) is 17.5 Å². The fourth-order valence-electron chi connectivity index (χ4n) is 3.27. The Balaban J connectivity index is 1.97. The van der Waals surface area contributed by atoms with Gasteiger partial charge >= 0.3 is 0 Å². The lowest BCUT2D eigenvalue weighted by Gasteiger charge is -2.39. The lowest BCUT2D eigenvalue weighted by atomic mass is 9.83. The summed E-state index contributed by atoms with van der Waals surface area (Å²) in [6.07, 6.45) is 2.07. The van der Waals surface area contributed by atoms with Crippen molar-refractivity contribution in [2.45, 2.75) is 46.6 Å². The predicted octanol–water partition coefficient (Wildman–Crippen LogP) is 3.05. The number of aliphatic hydroxyl groups is 1. The third-order valence-corrected chi connectivity index (χ3v) is 5.55. The highest BCUT2D eigenvalue weighted by Crippen LogP contribution is 2.35. The van der Waals surface area contributed by atoms with Gasteiger partial charge in [0.15, 0.2) is 0 Å². The lowest BCUT2D eigenvalue weighted by Crippen LogP contribution is -2.48. The maximum atomic E-state index is 12.6. The second-order valence-corrected chi connectivity index (χ2v) is 9.14. The molecule has 5 heteroatoms. The van der Waals surface area contributed by atoms with Crippen LogP contribution in [0.5, 0.6) is 0 Å². The van der Waals surface area contributed by atoms with Crippen LogP contribution in [0.25, 0.3) is 0 Å². The fraction of sp³-hybridized carbons (Fsp3) is 0.722. The van der Waals surface area contributed by atoms with Crippen molar-refractivity contribution in [1.82, 2.24) is 10.2 Å². The molecule has 0 aliphatic carbocycles. The van der Waals surface area contributed by atoms with E-state index in [-0.39, 0.29) is 29.4 Å². The predicted molar refractivity (Wildman–Crippen MR) is 95.5 cm³/mol. The van der Waals surface area contributed by atoms with Crippen LogP contribution >= 0.6 is 11.3 Å². The Hall–Kier alpha value is -0.910. The fourth-order valence-corrected chi connectivity index (χ4v) is 4.29. The van der Waals surface area contributed by atoms with Gasteiger partial charge in [0.2, 0.25) is 5.91 Å². The summed E-state index contributed by atoms with van der Waals surface area (Å²) in [5.41, 5.74) is -0.0995. The van der Waals surface area contributed by atoms with Crippen molar-refractivity contribution in [3.8, 4) is 0 Å². The van der Waals surface area contributed by atoms with Gasteiger partial charge in [-0.1, -0.05) is 33.8 Å². The van der Waals surface area contributed by atoms with Crippen molar-refractivity contribution in [1.29, 1.82) is 0 Å². The third kappa shape index (κ3) is 5.03. The number of nitrogens with zero attached hydrogens (tertiary/aromatic N) is 1. The molecule has 2 rings (SSSR count). The molecule has 2 unspecified atom stereocenters. The molecule has 2 atom stereocenters. The van der Waals surface area contributed by atoms with Gasteiger partial charge in [0, 0.05) is 23.4 Å². The molecule has 130 valence electrons. The van der Waals surface area contributed by atoms with Gasteiger partial charge < -0.3 is 10.4 Å². The van der Waals surface area contributed by atoms with Gasteiger partial charge in [-0.05, 0) is 36.2 Å². The first kappa shape index (κ1) is 18.4. The minimum Gasteiger partial charge on any atom is -0.396 e. The average molecular weight is 339 g/mol. The Labute approximate surface area is 143 Å². The zero-order valence-electron chi connectivity index (χ0n) is 14.8. The van der Waals surface area contributed by atoms with Crippen LogP contribution in [-0.2, 0) is 4.79 Å². The van der Waals surface area contributed by atoms with E-state index in [4.69, 9.17) is 0 Å². The van der Waals surface area contributed by atoms with Gasteiger partial charge in [-0.25, -0.2) is 0 Å². The Kier molecular flexibility index (Phi) is 5.87. The van der Waals surface area contributed by atoms with E-state index in [9.17, 15) is 9.90 Å². The van der Waals surface area contributed by atoms with Gasteiger partial charge in [-0.15, -0.1) is 11.3 Å². The van der Waals surface area contributed by atoms with Crippen molar-refractivity contribution < 1.29 is 9.90 Å². The first-order valence-corrected chi connectivity index (χ1v) is 9.27. The van der Waals surface area contributed by atoms with E-state index in [1.165, 1.54) is 4.88 Å². The number of hydrogen-bond acceptors (Lipinski definition) is 4. The molecule has 0 saturated carbocycles. The lowest BCUT2D eigenvalue weighted by molar-refractivity contribution is -0.124. The SMILES string of the molecule is CC1(CO)CCCN(CC(=O)NC(c2cccs2)C(C)(C)C)C1. The molecule has 0 spiro atoms. The van der Waals surface area contributed by atoms with Gasteiger partial charge in [0.25, 0.3) is 0 Å². The number of amides is 1. The molecule has 1 amide bonds. The molecular weight excluding hydrogens is 308 g/mol. The Morgan fingerprint density at radius 3 is 2.83 bits per heavy atom. The summed E-state index contributed by atoms with van der Waals surface area (Å²) in [6, 6.07) is 4.15. The molecule has 2 N–H and O–H groups in total. The average Bonchev–Trinajstić information content (AvgIpc) is 2.97. The van der Waals surface area contributed by atoms with E-state index in [1.54, 1.807) is 11.3 Å². The quantitative estimate of drug-likeness (QED) is 0.867. The largest absolute Gasteiger partial charge is 0.396 e. The van der Waals surface area contributed by atoms with Crippen LogP contribution in [0.2, 0.25) is 0 Å². The number of carbonyl (C=O) groups excluding carboxylic acids is 1. The second-order valence-electron chi connectivity index (χ2n) is 8.16. The van der Waals surface area contributed by atoms with Crippen LogP contribution in [0.1, 0.15) is 51.5 Å². The van der Waals surface area contributed by atoms with Crippen molar-refractivity contribution >= 4 is 17.2 Å². The Morgan fingerprint density at radius 1 is 1.52 bits per heavy atom. The van der Waals surface area contributed by atoms with Gasteiger partial charge in [-0.2, -0.15) is 0 Å². The monoisotopic (exact) mass is 338 g/mol. The highest BCUT2D eigenvalue weighted by Gasteiger charge is 2.33. The molecule has 2 heterocycles. The number of rotatable bonds is 5. The molecule has 1 saturated heterocycles. The number of nitrogens with one attached hydrogen (secondary N) is 1. The van der Waals surface area contributed by atoms with Gasteiger partial charge in [0.05, 0.1) is 12.6 Å². The molecule has 4 nitrogen and oxygen atoms in total. The summed E-state index contributed by atoms with van der Waals surface area (Å²) in [5.74, 6) is 0.0699. The standard InChI is InChI=1S/C18H30N2O2S/c1-17(2,3)16(14-7-5-10-23-14)19-15(22)11-20-9-6-8-18(4,12-20)13-21/h5,7,10,16,21H,6,8-9,11-13H2,1-4H3,(H,19,22). The number of hydrogen-bond donors (Lipinski definition) is 2. The summed E-state index contributed by atoms with van der Waals surface area (Å²) >= 11 is 1.69. The number of thiophene rings is 1. The van der Waals surface area contributed by atoms with Crippen LogP contribution < -0.4 is 5.32 Å². The maximum Gasteiger partial charge on any atom is 0.234 e. The minimum absolute atomic E-state index is 0.0258. The van der Waals surface area contributed by atoms with Crippen molar-refractivity contribution in [3.05, 3.63) is 22.4 Å². The smallest absolute Gasteiger partial charge is 0.234 e. The Morgan fingerprint density at radius 2 is 2.26 bits per heavy atom. The molecule has 1 aliphatic rings. The summed E-state index contributed by atoms with van der Waals surface area (Å²) in [7, 11) is 0. The zero-order valence-corrected chi connectivity index (χ0v) is 15.6. The van der Waals surface area contributed by atoms with Crippen molar-refractivity contribution in [2.75, 3.05) is 26.2 Å². The van der Waals surface area contributed by atoms with E-state index in [0.717, 1.165) is 25.9 Å². The highest BCUT2D eigenvalue weighted by atomic mass is 32.1. The van der Waals surface area contributed by atoms with Crippen molar-refractivity contribution in [3.63, 3.8) is 0 Å². The first-order chi connectivity index (χ1) is 10.7. The third-order valence-electron chi connectivity index (χ3n) is 4.61. The number of piperidine rings is 1. The molecule has 1 fully saturated rings. The van der Waals surface area contributed by atoms with E-state index < -0.39 is 0 Å². The van der Waals surface area contributed by atoms with E-state index >= 15 is 0 Å². The number of carbonyl (C=O) groups is 1. The molecule has 1 aromatic rings. The summed E-state index contributed by atoms with van der Waals surface area (Å²) in [4.78, 5) is 15.9. The number of aliphatic hydroxyl groups excluding tert-OH is 1.